The van der Waals surface area contributed by atoms with Gasteiger partial charge in [0.05, 0.1) is 11.5 Å². The van der Waals surface area contributed by atoms with Crippen molar-refractivity contribution in [1.29, 1.82) is 0 Å². The van der Waals surface area contributed by atoms with Crippen LogP contribution in [0.5, 0.6) is 0 Å². The predicted molar refractivity (Wildman–Crippen MR) is 111 cm³/mol. The molecule has 2 aromatic heterocycles. The molecule has 6 nitrogen and oxygen atoms in total. The predicted octanol–water partition coefficient (Wildman–Crippen LogP) is 3.19. The number of aromatic nitrogens is 2. The fourth-order valence-electron chi connectivity index (χ4n) is 3.10. The van der Waals surface area contributed by atoms with Crippen molar-refractivity contribution >= 4 is 28.0 Å². The molecule has 7 heteroatoms. The molecule has 0 saturated carbocycles. The highest BCUT2D eigenvalue weighted by atomic mass is 32.1. The van der Waals surface area contributed by atoms with Gasteiger partial charge in [-0.3, -0.25) is 0 Å². The Labute approximate surface area is 163 Å². The second-order valence-corrected chi connectivity index (χ2v) is 7.73. The lowest BCUT2D eigenvalue weighted by atomic mass is 10.1. The minimum atomic E-state index is 0.0606. The monoisotopic (exact) mass is 381 g/mol. The van der Waals surface area contributed by atoms with Crippen molar-refractivity contribution in [3.05, 3.63) is 54.4 Å². The van der Waals surface area contributed by atoms with E-state index in [0.717, 1.165) is 53.1 Å². The average Bonchev–Trinajstić information content (AvgIpc) is 3.17. The Morgan fingerprint density at radius 1 is 1.07 bits per heavy atom. The second kappa shape index (κ2) is 8.04. The van der Waals surface area contributed by atoms with E-state index in [0.29, 0.717) is 0 Å². The van der Waals surface area contributed by atoms with E-state index in [2.05, 4.69) is 44.3 Å². The zero-order chi connectivity index (χ0) is 18.6. The molecule has 1 aliphatic rings. The summed E-state index contributed by atoms with van der Waals surface area (Å²) >= 11 is 1.59. The number of benzene rings is 1. The van der Waals surface area contributed by atoms with Gasteiger partial charge in [-0.1, -0.05) is 35.6 Å². The van der Waals surface area contributed by atoms with Gasteiger partial charge in [0, 0.05) is 50.3 Å². The van der Waals surface area contributed by atoms with Crippen LogP contribution >= 0.6 is 11.3 Å². The van der Waals surface area contributed by atoms with E-state index in [-0.39, 0.29) is 6.61 Å². The van der Waals surface area contributed by atoms with Gasteiger partial charge in [0.2, 0.25) is 0 Å². The summed E-state index contributed by atoms with van der Waals surface area (Å²) in [6.07, 6.45) is 3.71. The van der Waals surface area contributed by atoms with Crippen molar-refractivity contribution in [1.82, 2.24) is 14.9 Å². The van der Waals surface area contributed by atoms with Crippen molar-refractivity contribution in [2.75, 3.05) is 43.4 Å². The van der Waals surface area contributed by atoms with Gasteiger partial charge in [0.25, 0.3) is 0 Å². The number of nitrogens with one attached hydrogen (secondary N) is 1. The SMILES string of the molecule is CN1CCN(c2ccnc(Nc3ncc(-c4ccc(CO)cc4)s3)c2)CC1. The summed E-state index contributed by atoms with van der Waals surface area (Å²) in [5.41, 5.74) is 3.19. The summed E-state index contributed by atoms with van der Waals surface area (Å²) in [7, 11) is 2.16. The molecule has 1 saturated heterocycles. The van der Waals surface area contributed by atoms with Crippen molar-refractivity contribution < 1.29 is 5.11 Å². The quantitative estimate of drug-likeness (QED) is 0.708. The Morgan fingerprint density at radius 2 is 1.85 bits per heavy atom. The summed E-state index contributed by atoms with van der Waals surface area (Å²) in [5.74, 6) is 0.808. The minimum Gasteiger partial charge on any atom is -0.392 e. The fraction of sp³-hybridized carbons (Fsp3) is 0.300. The maximum absolute atomic E-state index is 9.16. The molecular formula is C20H23N5OS. The molecule has 0 bridgehead atoms. The second-order valence-electron chi connectivity index (χ2n) is 6.70. The summed E-state index contributed by atoms with van der Waals surface area (Å²) < 4.78 is 0. The normalized spacial score (nSPS) is 15.1. The molecule has 1 fully saturated rings. The van der Waals surface area contributed by atoms with Crippen LogP contribution in [0.4, 0.5) is 16.6 Å². The molecule has 140 valence electrons. The molecule has 3 aromatic rings. The first-order chi connectivity index (χ1) is 13.2. The van der Waals surface area contributed by atoms with E-state index < -0.39 is 0 Å². The minimum absolute atomic E-state index is 0.0606. The molecule has 2 N–H and O–H groups in total. The third-order valence-electron chi connectivity index (χ3n) is 4.77. The third kappa shape index (κ3) is 4.27. The molecule has 1 aliphatic heterocycles. The van der Waals surface area contributed by atoms with Gasteiger partial charge < -0.3 is 20.2 Å². The van der Waals surface area contributed by atoms with Gasteiger partial charge in [-0.2, -0.15) is 0 Å². The first kappa shape index (κ1) is 17.9. The molecule has 3 heterocycles. The molecule has 27 heavy (non-hydrogen) atoms. The molecule has 0 amide bonds. The lowest BCUT2D eigenvalue weighted by molar-refractivity contribution is 0.282. The topological polar surface area (TPSA) is 64.5 Å². The van der Waals surface area contributed by atoms with Crippen LogP contribution in [0.15, 0.2) is 48.8 Å². The fourth-order valence-corrected chi connectivity index (χ4v) is 3.93. The maximum atomic E-state index is 9.16. The van der Waals surface area contributed by atoms with Crippen molar-refractivity contribution in [2.24, 2.45) is 0 Å². The van der Waals surface area contributed by atoms with Crippen LogP contribution in [0.3, 0.4) is 0 Å². The zero-order valence-corrected chi connectivity index (χ0v) is 16.1. The summed E-state index contributed by atoms with van der Waals surface area (Å²) in [6.45, 7) is 4.29. The van der Waals surface area contributed by atoms with Gasteiger partial charge in [-0.05, 0) is 24.2 Å². The van der Waals surface area contributed by atoms with E-state index in [1.165, 1.54) is 5.69 Å². The van der Waals surface area contributed by atoms with Crippen molar-refractivity contribution in [3.8, 4) is 10.4 Å². The maximum Gasteiger partial charge on any atom is 0.188 e. The molecule has 0 spiro atoms. The Kier molecular flexibility index (Phi) is 5.33. The highest BCUT2D eigenvalue weighted by Gasteiger charge is 2.15. The number of anilines is 3. The number of thiazole rings is 1. The van der Waals surface area contributed by atoms with E-state index >= 15 is 0 Å². The van der Waals surface area contributed by atoms with Crippen LogP contribution in [0.1, 0.15) is 5.56 Å². The van der Waals surface area contributed by atoms with E-state index in [9.17, 15) is 0 Å². The van der Waals surface area contributed by atoms with Crippen LogP contribution in [0, 0.1) is 0 Å². The van der Waals surface area contributed by atoms with Crippen molar-refractivity contribution in [2.45, 2.75) is 6.61 Å². The average molecular weight is 382 g/mol. The summed E-state index contributed by atoms with van der Waals surface area (Å²) in [5, 5.41) is 13.3. The zero-order valence-electron chi connectivity index (χ0n) is 15.3. The number of likely N-dealkylation sites (N-methyl/N-ethyl adjacent to an activating group) is 1. The van der Waals surface area contributed by atoms with Gasteiger partial charge in [-0.15, -0.1) is 0 Å². The Bertz CT molecular complexity index is 887. The number of hydrogen-bond donors (Lipinski definition) is 2. The Hall–Kier alpha value is -2.48. The van der Waals surface area contributed by atoms with Crippen LogP contribution < -0.4 is 10.2 Å². The molecule has 0 radical (unpaired) electrons. The first-order valence-corrected chi connectivity index (χ1v) is 9.85. The van der Waals surface area contributed by atoms with Gasteiger partial charge >= 0.3 is 0 Å². The number of pyridine rings is 1. The smallest absolute Gasteiger partial charge is 0.188 e. The molecule has 1 aromatic carbocycles. The molecule has 4 rings (SSSR count). The highest BCUT2D eigenvalue weighted by molar-refractivity contribution is 7.18. The van der Waals surface area contributed by atoms with Gasteiger partial charge in [0.1, 0.15) is 5.82 Å². The highest BCUT2D eigenvalue weighted by Crippen LogP contribution is 2.31. The van der Waals surface area contributed by atoms with Gasteiger partial charge in [-0.25, -0.2) is 9.97 Å². The lowest BCUT2D eigenvalue weighted by Crippen LogP contribution is -2.44. The van der Waals surface area contributed by atoms with E-state index in [1.54, 1.807) is 11.3 Å². The van der Waals surface area contributed by atoms with E-state index in [4.69, 9.17) is 5.11 Å². The number of hydrogen-bond acceptors (Lipinski definition) is 7. The number of aliphatic hydroxyl groups is 1. The number of rotatable bonds is 5. The molecule has 0 aliphatic carbocycles. The van der Waals surface area contributed by atoms with Crippen molar-refractivity contribution in [3.63, 3.8) is 0 Å². The van der Waals surface area contributed by atoms with Crippen LogP contribution in [-0.2, 0) is 6.61 Å². The van der Waals surface area contributed by atoms with Gasteiger partial charge in [0.15, 0.2) is 5.13 Å². The first-order valence-electron chi connectivity index (χ1n) is 9.04. The summed E-state index contributed by atoms with van der Waals surface area (Å²) in [4.78, 5) is 14.7. The number of aliphatic hydroxyl groups excluding tert-OH is 1. The lowest BCUT2D eigenvalue weighted by Gasteiger charge is -2.34. The molecule has 0 unspecified atom stereocenters. The van der Waals surface area contributed by atoms with Crippen LogP contribution in [0.25, 0.3) is 10.4 Å². The van der Waals surface area contributed by atoms with Crippen LogP contribution in [0.2, 0.25) is 0 Å². The van der Waals surface area contributed by atoms with Crippen LogP contribution in [-0.4, -0.2) is 53.2 Å². The van der Waals surface area contributed by atoms with E-state index in [1.807, 2.05) is 36.7 Å². The standard InChI is InChI=1S/C20H23N5OS/c1-24-8-10-25(11-9-24)17-6-7-21-19(12-17)23-20-22-13-18(27-20)16-4-2-15(14-26)3-5-16/h2-7,12-13,26H,8-11,14H2,1H3,(H,21,22,23). The Morgan fingerprint density at radius 3 is 2.59 bits per heavy atom. The number of nitrogens with zero attached hydrogens (tertiary/aromatic N) is 4. The number of piperazine rings is 1. The Balaban J connectivity index is 1.46. The molecular weight excluding hydrogens is 358 g/mol. The largest absolute Gasteiger partial charge is 0.392 e. The summed E-state index contributed by atoms with van der Waals surface area (Å²) in [6, 6.07) is 12.0. The molecule has 0 atom stereocenters. The third-order valence-corrected chi connectivity index (χ3v) is 5.74.